The van der Waals surface area contributed by atoms with E-state index in [1.165, 1.54) is 11.3 Å². The largest absolute Gasteiger partial charge is 0.379 e. The molecule has 1 N–H and O–H groups in total. The predicted molar refractivity (Wildman–Crippen MR) is 98.1 cm³/mol. The molecule has 3 heterocycles. The van der Waals surface area contributed by atoms with Crippen LogP contribution in [0.4, 0.5) is 5.13 Å². The number of hydrogen-bond acceptors (Lipinski definition) is 7. The van der Waals surface area contributed by atoms with Crippen LogP contribution in [0.1, 0.15) is 16.2 Å². The summed E-state index contributed by atoms with van der Waals surface area (Å²) in [5.74, 6) is -0.194. The van der Waals surface area contributed by atoms with E-state index in [9.17, 15) is 4.79 Å². The van der Waals surface area contributed by atoms with Crippen LogP contribution < -0.4 is 5.32 Å². The Balaban J connectivity index is 1.38. The lowest BCUT2D eigenvalue weighted by Crippen LogP contribution is -2.35. The van der Waals surface area contributed by atoms with E-state index in [1.807, 2.05) is 35.7 Å². The van der Waals surface area contributed by atoms with E-state index in [0.29, 0.717) is 10.8 Å². The number of thiazole rings is 1. The Bertz CT molecular complexity index is 871. The Morgan fingerprint density at radius 3 is 2.85 bits per heavy atom. The number of nitrogens with one attached hydrogen (secondary N) is 1. The van der Waals surface area contributed by atoms with Crippen LogP contribution in [0, 0.1) is 0 Å². The summed E-state index contributed by atoms with van der Waals surface area (Å²) in [7, 11) is 0. The summed E-state index contributed by atoms with van der Waals surface area (Å²) in [6.07, 6.45) is 0. The molecule has 1 aliphatic rings. The summed E-state index contributed by atoms with van der Waals surface area (Å²) in [4.78, 5) is 19.1. The molecule has 0 saturated carbocycles. The molecular formula is C18H18N4O3S. The zero-order chi connectivity index (χ0) is 17.8. The monoisotopic (exact) mass is 370 g/mol. The SMILES string of the molecule is O=C(Nc1nc(CN2CCOCC2)cs1)c1cc(-c2ccccc2)no1. The minimum Gasteiger partial charge on any atom is -0.379 e. The fraction of sp³-hybridized carbons (Fsp3) is 0.278. The topological polar surface area (TPSA) is 80.5 Å². The van der Waals surface area contributed by atoms with Gasteiger partial charge in [0.1, 0.15) is 5.69 Å². The zero-order valence-corrected chi connectivity index (χ0v) is 14.9. The molecule has 26 heavy (non-hydrogen) atoms. The molecular weight excluding hydrogens is 352 g/mol. The van der Waals surface area contributed by atoms with Crippen molar-refractivity contribution in [2.24, 2.45) is 0 Å². The van der Waals surface area contributed by atoms with Gasteiger partial charge >= 0.3 is 0 Å². The van der Waals surface area contributed by atoms with Gasteiger partial charge in [-0.3, -0.25) is 15.0 Å². The molecule has 1 aromatic carbocycles. The average molecular weight is 370 g/mol. The highest BCUT2D eigenvalue weighted by Crippen LogP contribution is 2.21. The minimum atomic E-state index is -0.355. The number of ether oxygens (including phenoxy) is 1. The van der Waals surface area contributed by atoms with Crippen molar-refractivity contribution in [2.75, 3.05) is 31.6 Å². The molecule has 2 aromatic heterocycles. The lowest BCUT2D eigenvalue weighted by atomic mass is 10.1. The van der Waals surface area contributed by atoms with Crippen LogP contribution in [0.2, 0.25) is 0 Å². The van der Waals surface area contributed by atoms with Crippen LogP contribution >= 0.6 is 11.3 Å². The van der Waals surface area contributed by atoms with Crippen LogP contribution in [0.3, 0.4) is 0 Å². The molecule has 0 radical (unpaired) electrons. The molecule has 0 atom stereocenters. The molecule has 7 nitrogen and oxygen atoms in total. The van der Waals surface area contributed by atoms with Gasteiger partial charge in [-0.25, -0.2) is 4.98 Å². The first kappa shape index (κ1) is 16.9. The van der Waals surface area contributed by atoms with E-state index in [-0.39, 0.29) is 11.7 Å². The molecule has 1 fully saturated rings. The van der Waals surface area contributed by atoms with Gasteiger partial charge in [-0.05, 0) is 0 Å². The van der Waals surface area contributed by atoms with Crippen LogP contribution in [-0.4, -0.2) is 47.3 Å². The summed E-state index contributed by atoms with van der Waals surface area (Å²) >= 11 is 1.40. The molecule has 4 rings (SSSR count). The van der Waals surface area contributed by atoms with Crippen molar-refractivity contribution in [3.05, 3.63) is 53.2 Å². The lowest BCUT2D eigenvalue weighted by Gasteiger charge is -2.25. The van der Waals surface area contributed by atoms with Gasteiger partial charge in [0.15, 0.2) is 5.13 Å². The molecule has 0 unspecified atom stereocenters. The summed E-state index contributed by atoms with van der Waals surface area (Å²) in [6.45, 7) is 4.07. The van der Waals surface area contributed by atoms with Gasteiger partial charge in [0, 0.05) is 36.6 Å². The summed E-state index contributed by atoms with van der Waals surface area (Å²) < 4.78 is 10.5. The highest BCUT2D eigenvalue weighted by atomic mass is 32.1. The first-order valence-corrected chi connectivity index (χ1v) is 9.24. The van der Waals surface area contributed by atoms with E-state index in [4.69, 9.17) is 9.26 Å². The van der Waals surface area contributed by atoms with Crippen LogP contribution in [0.15, 0.2) is 46.3 Å². The Kier molecular flexibility index (Phi) is 5.05. The number of morpholine rings is 1. The highest BCUT2D eigenvalue weighted by molar-refractivity contribution is 7.13. The predicted octanol–water partition coefficient (Wildman–Crippen LogP) is 2.88. The molecule has 134 valence electrons. The van der Waals surface area contributed by atoms with Crippen LogP contribution in [0.25, 0.3) is 11.3 Å². The molecule has 1 aliphatic heterocycles. The van der Waals surface area contributed by atoms with Crippen molar-refractivity contribution in [2.45, 2.75) is 6.54 Å². The fourth-order valence-corrected chi connectivity index (χ4v) is 3.41. The van der Waals surface area contributed by atoms with Gasteiger partial charge in [0.05, 0.1) is 18.9 Å². The van der Waals surface area contributed by atoms with Gasteiger partial charge in [0.2, 0.25) is 5.76 Å². The maximum Gasteiger partial charge on any atom is 0.296 e. The van der Waals surface area contributed by atoms with E-state index in [1.54, 1.807) is 6.07 Å². The number of rotatable bonds is 5. The fourth-order valence-electron chi connectivity index (χ4n) is 2.71. The van der Waals surface area contributed by atoms with E-state index in [2.05, 4.69) is 20.4 Å². The van der Waals surface area contributed by atoms with E-state index >= 15 is 0 Å². The number of anilines is 1. The van der Waals surface area contributed by atoms with Crippen molar-refractivity contribution in [3.8, 4) is 11.3 Å². The Hall–Kier alpha value is -2.55. The Morgan fingerprint density at radius 1 is 1.23 bits per heavy atom. The van der Waals surface area contributed by atoms with Gasteiger partial charge in [-0.2, -0.15) is 0 Å². The average Bonchev–Trinajstić information content (AvgIpc) is 3.33. The zero-order valence-electron chi connectivity index (χ0n) is 14.1. The smallest absolute Gasteiger partial charge is 0.296 e. The number of benzene rings is 1. The van der Waals surface area contributed by atoms with E-state index < -0.39 is 0 Å². The first-order chi connectivity index (χ1) is 12.8. The molecule has 0 aliphatic carbocycles. The first-order valence-electron chi connectivity index (χ1n) is 8.36. The number of amides is 1. The molecule has 3 aromatic rings. The molecule has 1 saturated heterocycles. The molecule has 0 bridgehead atoms. The molecule has 8 heteroatoms. The summed E-state index contributed by atoms with van der Waals surface area (Å²) in [5, 5.41) is 9.24. The van der Waals surface area contributed by atoms with E-state index in [0.717, 1.165) is 44.1 Å². The Labute approximate surface area is 154 Å². The van der Waals surface area contributed by atoms with Crippen molar-refractivity contribution >= 4 is 22.4 Å². The third-order valence-corrected chi connectivity index (χ3v) is 4.87. The summed E-state index contributed by atoms with van der Waals surface area (Å²) in [5.41, 5.74) is 2.47. The third kappa shape index (κ3) is 3.98. The number of aromatic nitrogens is 2. The second kappa shape index (κ2) is 7.77. The molecule has 0 spiro atoms. The normalized spacial score (nSPS) is 15.1. The van der Waals surface area contributed by atoms with Crippen molar-refractivity contribution in [1.82, 2.24) is 15.0 Å². The standard InChI is InChI=1S/C18H18N4O3S/c23-17(16-10-15(21-25-16)13-4-2-1-3-5-13)20-18-19-14(12-26-18)11-22-6-8-24-9-7-22/h1-5,10,12H,6-9,11H2,(H,19,20,23). The van der Waals surface area contributed by atoms with Gasteiger partial charge in [0.25, 0.3) is 5.91 Å². The van der Waals surface area contributed by atoms with Crippen LogP contribution in [0.5, 0.6) is 0 Å². The van der Waals surface area contributed by atoms with Crippen molar-refractivity contribution < 1.29 is 14.1 Å². The van der Waals surface area contributed by atoms with Gasteiger partial charge in [-0.1, -0.05) is 35.5 Å². The minimum absolute atomic E-state index is 0.161. The molecule has 1 amide bonds. The number of carbonyl (C=O) groups is 1. The second-order valence-electron chi connectivity index (χ2n) is 5.93. The quantitative estimate of drug-likeness (QED) is 0.744. The summed E-state index contributed by atoms with van der Waals surface area (Å²) in [6, 6.07) is 11.2. The van der Waals surface area contributed by atoms with Crippen molar-refractivity contribution in [3.63, 3.8) is 0 Å². The highest BCUT2D eigenvalue weighted by Gasteiger charge is 2.17. The van der Waals surface area contributed by atoms with Crippen molar-refractivity contribution in [1.29, 1.82) is 0 Å². The maximum absolute atomic E-state index is 12.4. The lowest BCUT2D eigenvalue weighted by molar-refractivity contribution is 0.0337. The number of hydrogen-bond donors (Lipinski definition) is 1. The van der Waals surface area contributed by atoms with Gasteiger partial charge < -0.3 is 9.26 Å². The number of carbonyl (C=O) groups excluding carboxylic acids is 1. The number of nitrogens with zero attached hydrogens (tertiary/aromatic N) is 3. The Morgan fingerprint density at radius 2 is 2.04 bits per heavy atom. The maximum atomic E-state index is 12.4. The third-order valence-electron chi connectivity index (χ3n) is 4.07. The van der Waals surface area contributed by atoms with Gasteiger partial charge in [-0.15, -0.1) is 11.3 Å². The second-order valence-corrected chi connectivity index (χ2v) is 6.79. The van der Waals surface area contributed by atoms with Crippen LogP contribution in [-0.2, 0) is 11.3 Å².